The number of hydrogen-bond donors (Lipinski definition) is 1. The third kappa shape index (κ3) is 2.53. The maximum Gasteiger partial charge on any atom is 0.123 e. The summed E-state index contributed by atoms with van der Waals surface area (Å²) in [6, 6.07) is 15.8. The molecule has 112 valence electrons. The van der Waals surface area contributed by atoms with Crippen LogP contribution in [0.2, 0.25) is 0 Å². The van der Waals surface area contributed by atoms with Crippen LogP contribution in [0.25, 0.3) is 10.9 Å². The van der Waals surface area contributed by atoms with Gasteiger partial charge in [-0.1, -0.05) is 24.3 Å². The van der Waals surface area contributed by atoms with E-state index in [1.165, 1.54) is 28.2 Å². The van der Waals surface area contributed by atoms with Crippen LogP contribution >= 0.6 is 0 Å². The average Bonchev–Trinajstić information content (AvgIpc) is 2.69. The second-order valence-corrected chi connectivity index (χ2v) is 5.99. The minimum Gasteiger partial charge on any atom is -0.343 e. The van der Waals surface area contributed by atoms with Crippen molar-refractivity contribution in [2.45, 2.75) is 19.4 Å². The highest BCUT2D eigenvalue weighted by Gasteiger charge is 2.12. The molecule has 0 atom stereocenters. The first-order valence-corrected chi connectivity index (χ1v) is 7.86. The fraction of sp³-hybridized carbons (Fsp3) is 0.263. The molecule has 0 saturated heterocycles. The number of nitrogens with zero attached hydrogens (tertiary/aromatic N) is 1. The van der Waals surface area contributed by atoms with E-state index in [-0.39, 0.29) is 5.82 Å². The number of aromatic nitrogens is 1. The molecule has 0 amide bonds. The topological polar surface area (TPSA) is 17.0 Å². The highest BCUT2D eigenvalue weighted by Crippen LogP contribution is 2.24. The monoisotopic (exact) mass is 294 g/mol. The number of fused-ring (bicyclic) bond motifs is 3. The van der Waals surface area contributed by atoms with E-state index in [0.29, 0.717) is 0 Å². The van der Waals surface area contributed by atoms with Gasteiger partial charge in [0.05, 0.1) is 0 Å². The minimum atomic E-state index is -0.166. The van der Waals surface area contributed by atoms with Gasteiger partial charge in [-0.15, -0.1) is 0 Å². The number of hydrogen-bond acceptors (Lipinski definition) is 1. The van der Waals surface area contributed by atoms with Crippen LogP contribution in [0.15, 0.2) is 48.5 Å². The van der Waals surface area contributed by atoms with Crippen LogP contribution in [-0.4, -0.2) is 17.7 Å². The first-order chi connectivity index (χ1) is 10.8. The molecular weight excluding hydrogens is 275 g/mol. The fourth-order valence-electron chi connectivity index (χ4n) is 3.35. The highest BCUT2D eigenvalue weighted by atomic mass is 19.1. The Balaban J connectivity index is 1.72. The lowest BCUT2D eigenvalue weighted by molar-refractivity contribution is 0.626. The third-order valence-electron chi connectivity index (χ3n) is 4.42. The zero-order valence-corrected chi connectivity index (χ0v) is 12.5. The standard InChI is InChI=1S/C19H19FN2/c20-17-3-1-2-14(11-17)10-15-4-5-16-13-18-6-7-21-8-9-22(18)19(16)12-15/h1-5,11-13,21H,6-10H2. The SMILES string of the molecule is Fc1cccc(Cc2ccc3cc4n(c3c2)CCNCC4)c1. The summed E-state index contributed by atoms with van der Waals surface area (Å²) in [5.41, 5.74) is 4.95. The van der Waals surface area contributed by atoms with Crippen LogP contribution in [0.4, 0.5) is 4.39 Å². The molecule has 2 heterocycles. The fourth-order valence-corrected chi connectivity index (χ4v) is 3.35. The van der Waals surface area contributed by atoms with Gasteiger partial charge in [-0.25, -0.2) is 4.39 Å². The first-order valence-electron chi connectivity index (χ1n) is 7.86. The van der Waals surface area contributed by atoms with Crippen LogP contribution in [0.3, 0.4) is 0 Å². The lowest BCUT2D eigenvalue weighted by Gasteiger charge is -2.08. The highest BCUT2D eigenvalue weighted by molar-refractivity contribution is 5.82. The molecule has 2 nitrogen and oxygen atoms in total. The number of nitrogens with one attached hydrogen (secondary N) is 1. The molecule has 1 aliphatic heterocycles. The van der Waals surface area contributed by atoms with E-state index in [4.69, 9.17) is 0 Å². The quantitative estimate of drug-likeness (QED) is 0.765. The van der Waals surface area contributed by atoms with Gasteiger partial charge in [0.15, 0.2) is 0 Å². The summed E-state index contributed by atoms with van der Waals surface area (Å²) in [7, 11) is 0. The van der Waals surface area contributed by atoms with Crippen molar-refractivity contribution in [3.63, 3.8) is 0 Å². The molecule has 0 radical (unpaired) electrons. The molecule has 2 aromatic carbocycles. The molecule has 0 bridgehead atoms. The lowest BCUT2D eigenvalue weighted by atomic mass is 10.0. The van der Waals surface area contributed by atoms with Gasteiger partial charge in [0.2, 0.25) is 0 Å². The van der Waals surface area contributed by atoms with Gasteiger partial charge >= 0.3 is 0 Å². The Labute approximate surface area is 129 Å². The van der Waals surface area contributed by atoms with Crippen molar-refractivity contribution >= 4 is 10.9 Å². The molecule has 1 aliphatic rings. The Morgan fingerprint density at radius 1 is 1.00 bits per heavy atom. The first kappa shape index (κ1) is 13.5. The van der Waals surface area contributed by atoms with E-state index >= 15 is 0 Å². The maximum atomic E-state index is 13.3. The Morgan fingerprint density at radius 2 is 1.91 bits per heavy atom. The summed E-state index contributed by atoms with van der Waals surface area (Å²) in [6.07, 6.45) is 1.85. The summed E-state index contributed by atoms with van der Waals surface area (Å²) in [4.78, 5) is 0. The van der Waals surface area contributed by atoms with Crippen molar-refractivity contribution in [1.82, 2.24) is 9.88 Å². The Morgan fingerprint density at radius 3 is 2.82 bits per heavy atom. The lowest BCUT2D eigenvalue weighted by Crippen LogP contribution is -2.17. The molecule has 3 aromatic rings. The summed E-state index contributed by atoms with van der Waals surface area (Å²) in [6.45, 7) is 3.08. The van der Waals surface area contributed by atoms with Crippen LogP contribution < -0.4 is 5.32 Å². The molecule has 1 N–H and O–H groups in total. The molecule has 0 saturated carbocycles. The Kier molecular flexibility index (Phi) is 3.43. The van der Waals surface area contributed by atoms with Crippen LogP contribution in [-0.2, 0) is 19.4 Å². The largest absolute Gasteiger partial charge is 0.343 e. The van der Waals surface area contributed by atoms with E-state index in [1.807, 2.05) is 6.07 Å². The predicted octanol–water partition coefficient (Wildman–Crippen LogP) is 3.52. The second kappa shape index (κ2) is 5.58. The van der Waals surface area contributed by atoms with Crippen molar-refractivity contribution < 1.29 is 4.39 Å². The smallest absolute Gasteiger partial charge is 0.123 e. The van der Waals surface area contributed by atoms with Gasteiger partial charge in [0.1, 0.15) is 5.82 Å². The van der Waals surface area contributed by atoms with Crippen LogP contribution in [0.1, 0.15) is 16.8 Å². The van der Waals surface area contributed by atoms with Gasteiger partial charge in [-0.3, -0.25) is 0 Å². The summed E-state index contributed by atoms with van der Waals surface area (Å²) >= 11 is 0. The molecule has 0 spiro atoms. The van der Waals surface area contributed by atoms with Crippen LogP contribution in [0, 0.1) is 5.82 Å². The summed E-state index contributed by atoms with van der Waals surface area (Å²) < 4.78 is 15.8. The maximum absolute atomic E-state index is 13.3. The second-order valence-electron chi connectivity index (χ2n) is 5.99. The molecule has 0 fully saturated rings. The third-order valence-corrected chi connectivity index (χ3v) is 4.42. The van der Waals surface area contributed by atoms with Gasteiger partial charge in [0.25, 0.3) is 0 Å². The Hall–Kier alpha value is -2.13. The molecular formula is C19H19FN2. The molecule has 0 aliphatic carbocycles. The number of rotatable bonds is 2. The van der Waals surface area contributed by atoms with E-state index in [2.05, 4.69) is 34.1 Å². The van der Waals surface area contributed by atoms with E-state index in [1.54, 1.807) is 12.1 Å². The van der Waals surface area contributed by atoms with Crippen molar-refractivity contribution in [1.29, 1.82) is 0 Å². The minimum absolute atomic E-state index is 0.166. The summed E-state index contributed by atoms with van der Waals surface area (Å²) in [5.74, 6) is -0.166. The van der Waals surface area contributed by atoms with E-state index in [0.717, 1.165) is 38.0 Å². The van der Waals surface area contributed by atoms with Gasteiger partial charge in [-0.2, -0.15) is 0 Å². The van der Waals surface area contributed by atoms with Crippen molar-refractivity contribution in [2.24, 2.45) is 0 Å². The molecule has 4 rings (SSSR count). The predicted molar refractivity (Wildman–Crippen MR) is 87.7 cm³/mol. The van der Waals surface area contributed by atoms with Gasteiger partial charge in [0, 0.05) is 37.3 Å². The summed E-state index contributed by atoms with van der Waals surface area (Å²) in [5, 5.41) is 4.75. The molecule has 22 heavy (non-hydrogen) atoms. The molecule has 1 aromatic heterocycles. The van der Waals surface area contributed by atoms with Gasteiger partial charge < -0.3 is 9.88 Å². The Bertz CT molecular complexity index is 819. The number of halogens is 1. The average molecular weight is 294 g/mol. The zero-order valence-electron chi connectivity index (χ0n) is 12.5. The number of benzene rings is 2. The van der Waals surface area contributed by atoms with E-state index < -0.39 is 0 Å². The van der Waals surface area contributed by atoms with Gasteiger partial charge in [-0.05, 0) is 47.2 Å². The van der Waals surface area contributed by atoms with Crippen molar-refractivity contribution in [3.8, 4) is 0 Å². The zero-order chi connectivity index (χ0) is 14.9. The van der Waals surface area contributed by atoms with E-state index in [9.17, 15) is 4.39 Å². The van der Waals surface area contributed by atoms with Crippen molar-refractivity contribution in [3.05, 3.63) is 71.2 Å². The van der Waals surface area contributed by atoms with Crippen molar-refractivity contribution in [2.75, 3.05) is 13.1 Å². The molecule has 3 heteroatoms. The normalized spacial score (nSPS) is 14.8. The van der Waals surface area contributed by atoms with Crippen LogP contribution in [0.5, 0.6) is 0 Å². The molecule has 0 unspecified atom stereocenters.